The molecule has 4 rings (SSSR count). The molecule has 0 bridgehead atoms. The number of nitrogens with two attached hydrogens (primary N) is 1. The van der Waals surface area contributed by atoms with Crippen molar-refractivity contribution in [3.05, 3.63) is 94.4 Å². The SMILES string of the molecule is CNc1ncnc(N)c1C(=N)c1ccc(-n2ncn(Cc3ccccc3)c2=O)cc1. The summed E-state index contributed by atoms with van der Waals surface area (Å²) in [6.45, 7) is 0.447. The first-order valence-corrected chi connectivity index (χ1v) is 9.25. The molecule has 30 heavy (non-hydrogen) atoms. The van der Waals surface area contributed by atoms with Crippen LogP contribution in [0.2, 0.25) is 0 Å². The smallest absolute Gasteiger partial charge is 0.350 e. The van der Waals surface area contributed by atoms with Gasteiger partial charge in [-0.2, -0.15) is 9.78 Å². The molecule has 0 aliphatic rings. The molecule has 0 atom stereocenters. The molecule has 0 spiro atoms. The van der Waals surface area contributed by atoms with E-state index in [2.05, 4.69) is 20.4 Å². The predicted molar refractivity (Wildman–Crippen MR) is 115 cm³/mol. The van der Waals surface area contributed by atoms with E-state index >= 15 is 0 Å². The summed E-state index contributed by atoms with van der Waals surface area (Å²) in [5.41, 5.74) is 8.57. The van der Waals surface area contributed by atoms with Gasteiger partial charge in [0.25, 0.3) is 0 Å². The molecule has 0 saturated heterocycles. The Hall–Kier alpha value is -4.27. The lowest BCUT2D eigenvalue weighted by atomic mass is 10.0. The number of nitrogens with zero attached hydrogens (tertiary/aromatic N) is 5. The van der Waals surface area contributed by atoms with Crippen molar-refractivity contribution in [1.82, 2.24) is 24.3 Å². The molecule has 0 fully saturated rings. The van der Waals surface area contributed by atoms with Crippen LogP contribution in [0.5, 0.6) is 0 Å². The van der Waals surface area contributed by atoms with E-state index < -0.39 is 0 Å². The third-order valence-electron chi connectivity index (χ3n) is 4.69. The maximum absolute atomic E-state index is 12.7. The van der Waals surface area contributed by atoms with E-state index in [1.807, 2.05) is 30.3 Å². The van der Waals surface area contributed by atoms with Crippen molar-refractivity contribution in [3.63, 3.8) is 0 Å². The van der Waals surface area contributed by atoms with Gasteiger partial charge in [-0.25, -0.2) is 14.8 Å². The van der Waals surface area contributed by atoms with E-state index in [9.17, 15) is 4.79 Å². The number of nitrogen functional groups attached to an aromatic ring is 1. The van der Waals surface area contributed by atoms with Crippen molar-refractivity contribution >= 4 is 17.3 Å². The second kappa shape index (κ2) is 8.00. The minimum Gasteiger partial charge on any atom is -0.383 e. The van der Waals surface area contributed by atoms with Gasteiger partial charge in [0.15, 0.2) is 0 Å². The van der Waals surface area contributed by atoms with E-state index in [1.54, 1.807) is 35.9 Å². The number of benzene rings is 2. The Balaban J connectivity index is 1.61. The highest BCUT2D eigenvalue weighted by molar-refractivity contribution is 6.16. The summed E-state index contributed by atoms with van der Waals surface area (Å²) in [4.78, 5) is 20.8. The van der Waals surface area contributed by atoms with Crippen LogP contribution in [0.4, 0.5) is 11.6 Å². The minimum atomic E-state index is -0.236. The topological polar surface area (TPSA) is 128 Å². The molecule has 4 aromatic rings. The van der Waals surface area contributed by atoms with Gasteiger partial charge in [0, 0.05) is 12.6 Å². The normalized spacial score (nSPS) is 10.7. The van der Waals surface area contributed by atoms with E-state index in [0.717, 1.165) is 5.56 Å². The average Bonchev–Trinajstić information content (AvgIpc) is 3.14. The van der Waals surface area contributed by atoms with Gasteiger partial charge >= 0.3 is 5.69 Å². The number of aromatic nitrogens is 5. The molecular weight excluding hydrogens is 380 g/mol. The number of nitrogens with one attached hydrogen (secondary N) is 2. The Bertz CT molecular complexity index is 1240. The summed E-state index contributed by atoms with van der Waals surface area (Å²) >= 11 is 0. The molecule has 9 heteroatoms. The van der Waals surface area contributed by atoms with Crippen LogP contribution in [0.3, 0.4) is 0 Å². The third-order valence-corrected chi connectivity index (χ3v) is 4.69. The van der Waals surface area contributed by atoms with Gasteiger partial charge in [-0.1, -0.05) is 42.5 Å². The van der Waals surface area contributed by atoms with Gasteiger partial charge in [0.1, 0.15) is 24.3 Å². The lowest BCUT2D eigenvalue weighted by Crippen LogP contribution is -2.24. The lowest BCUT2D eigenvalue weighted by Gasteiger charge is -2.11. The van der Waals surface area contributed by atoms with E-state index in [4.69, 9.17) is 11.1 Å². The number of hydrogen-bond acceptors (Lipinski definition) is 7. The first-order chi connectivity index (χ1) is 14.6. The van der Waals surface area contributed by atoms with Crippen molar-refractivity contribution in [2.75, 3.05) is 18.1 Å². The van der Waals surface area contributed by atoms with Crippen molar-refractivity contribution in [2.24, 2.45) is 0 Å². The summed E-state index contributed by atoms with van der Waals surface area (Å²) in [5.74, 6) is 0.701. The van der Waals surface area contributed by atoms with Crippen LogP contribution in [0.1, 0.15) is 16.7 Å². The summed E-state index contributed by atoms with van der Waals surface area (Å²) in [6.07, 6.45) is 2.87. The monoisotopic (exact) mass is 400 g/mol. The zero-order valence-corrected chi connectivity index (χ0v) is 16.3. The Kier molecular flexibility index (Phi) is 5.08. The van der Waals surface area contributed by atoms with E-state index in [0.29, 0.717) is 29.2 Å². The molecule has 0 aliphatic heterocycles. The minimum absolute atomic E-state index is 0.186. The zero-order chi connectivity index (χ0) is 21.1. The molecule has 4 N–H and O–H groups in total. The molecule has 2 aromatic carbocycles. The second-order valence-corrected chi connectivity index (χ2v) is 6.59. The molecule has 0 unspecified atom stereocenters. The molecule has 0 aliphatic carbocycles. The number of anilines is 2. The first kappa shape index (κ1) is 19.1. The molecule has 2 heterocycles. The summed E-state index contributed by atoms with van der Waals surface area (Å²) < 4.78 is 2.88. The van der Waals surface area contributed by atoms with Crippen LogP contribution in [0, 0.1) is 5.41 Å². The Labute approximate surface area is 172 Å². The molecule has 0 amide bonds. The van der Waals surface area contributed by atoms with Crippen LogP contribution in [0.25, 0.3) is 5.69 Å². The van der Waals surface area contributed by atoms with Crippen molar-refractivity contribution < 1.29 is 0 Å². The lowest BCUT2D eigenvalue weighted by molar-refractivity contribution is 0.738. The van der Waals surface area contributed by atoms with Gasteiger partial charge in [0.05, 0.1) is 23.5 Å². The zero-order valence-electron chi connectivity index (χ0n) is 16.3. The molecule has 2 aromatic heterocycles. The highest BCUT2D eigenvalue weighted by atomic mass is 16.2. The number of hydrogen-bond donors (Lipinski definition) is 3. The first-order valence-electron chi connectivity index (χ1n) is 9.25. The van der Waals surface area contributed by atoms with Crippen LogP contribution >= 0.6 is 0 Å². The van der Waals surface area contributed by atoms with Crippen molar-refractivity contribution in [1.29, 1.82) is 5.41 Å². The van der Waals surface area contributed by atoms with Crippen LogP contribution in [0.15, 0.2) is 72.0 Å². The van der Waals surface area contributed by atoms with Crippen LogP contribution < -0.4 is 16.7 Å². The molecule has 150 valence electrons. The molecule has 0 saturated carbocycles. The second-order valence-electron chi connectivity index (χ2n) is 6.59. The summed E-state index contributed by atoms with van der Waals surface area (Å²) in [7, 11) is 1.71. The fraction of sp³-hybridized carbons (Fsp3) is 0.0952. The van der Waals surface area contributed by atoms with Gasteiger partial charge in [0.2, 0.25) is 0 Å². The predicted octanol–water partition coefficient (Wildman–Crippen LogP) is 1.91. The maximum Gasteiger partial charge on any atom is 0.350 e. The standard InChI is InChI=1S/C21H20N8O/c1-24-20-17(19(23)25-12-26-20)18(22)15-7-9-16(10-8-15)29-21(30)28(13-27-29)11-14-5-3-2-4-6-14/h2-10,12-13,22H,11H2,1H3,(H3,23,24,25,26). The number of rotatable bonds is 6. The summed E-state index contributed by atoms with van der Waals surface area (Å²) in [5, 5.41) is 15.7. The largest absolute Gasteiger partial charge is 0.383 e. The van der Waals surface area contributed by atoms with Crippen LogP contribution in [-0.4, -0.2) is 37.1 Å². The summed E-state index contributed by atoms with van der Waals surface area (Å²) in [6, 6.07) is 16.7. The quantitative estimate of drug-likeness (QED) is 0.424. The van der Waals surface area contributed by atoms with Crippen molar-refractivity contribution in [3.8, 4) is 5.69 Å². The fourth-order valence-corrected chi connectivity index (χ4v) is 3.15. The van der Waals surface area contributed by atoms with Crippen molar-refractivity contribution in [2.45, 2.75) is 6.54 Å². The average molecular weight is 400 g/mol. The Morgan fingerprint density at radius 1 is 1.10 bits per heavy atom. The molecule has 9 nitrogen and oxygen atoms in total. The fourth-order valence-electron chi connectivity index (χ4n) is 3.15. The maximum atomic E-state index is 12.7. The van der Waals surface area contributed by atoms with E-state index in [-0.39, 0.29) is 17.2 Å². The highest BCUT2D eigenvalue weighted by Gasteiger charge is 2.16. The van der Waals surface area contributed by atoms with Gasteiger partial charge < -0.3 is 11.1 Å². The van der Waals surface area contributed by atoms with Crippen LogP contribution in [-0.2, 0) is 6.54 Å². The Morgan fingerprint density at radius 2 is 1.83 bits per heavy atom. The third kappa shape index (κ3) is 3.55. The molecular formula is C21H20N8O. The Morgan fingerprint density at radius 3 is 2.53 bits per heavy atom. The highest BCUT2D eigenvalue weighted by Crippen LogP contribution is 2.21. The van der Waals surface area contributed by atoms with Gasteiger partial charge in [-0.3, -0.25) is 9.98 Å². The van der Waals surface area contributed by atoms with Gasteiger partial charge in [-0.05, 0) is 17.7 Å². The molecule has 0 radical (unpaired) electrons. The van der Waals surface area contributed by atoms with Gasteiger partial charge in [-0.15, -0.1) is 0 Å². The van der Waals surface area contributed by atoms with E-state index in [1.165, 1.54) is 17.3 Å².